The molecule has 2 heterocycles. The van der Waals surface area contributed by atoms with Crippen molar-refractivity contribution in [3.05, 3.63) is 53.3 Å². The average Bonchev–Trinajstić information content (AvgIpc) is 3.05. The molecular formula is C14H13N3O2S. The highest BCUT2D eigenvalue weighted by molar-refractivity contribution is 7.15. The molecule has 2 aromatic heterocycles. The second kappa shape index (κ2) is 5.34. The molecule has 0 spiro atoms. The van der Waals surface area contributed by atoms with Crippen LogP contribution in [0, 0.1) is 0 Å². The summed E-state index contributed by atoms with van der Waals surface area (Å²) in [5.74, 6) is 0.680. The molecule has 0 fully saturated rings. The van der Waals surface area contributed by atoms with Crippen molar-refractivity contribution in [3.8, 4) is 5.75 Å². The van der Waals surface area contributed by atoms with Crippen molar-refractivity contribution in [2.45, 2.75) is 13.5 Å². The molecular weight excluding hydrogens is 274 g/mol. The number of imidazole rings is 1. The van der Waals surface area contributed by atoms with E-state index in [1.807, 2.05) is 46.4 Å². The minimum Gasteiger partial charge on any atom is -0.487 e. The topological polar surface area (TPSA) is 59.1 Å². The molecule has 0 atom stereocenters. The fourth-order valence-corrected chi connectivity index (χ4v) is 2.66. The molecule has 0 radical (unpaired) electrons. The van der Waals surface area contributed by atoms with Crippen LogP contribution in [0.3, 0.4) is 0 Å². The quantitative estimate of drug-likeness (QED) is 0.455. The zero-order valence-corrected chi connectivity index (χ0v) is 11.7. The number of thiazole rings is 1. The van der Waals surface area contributed by atoms with Gasteiger partial charge in [-0.25, -0.2) is 4.98 Å². The number of benzene rings is 1. The van der Waals surface area contributed by atoms with Crippen molar-refractivity contribution in [2.75, 3.05) is 0 Å². The number of fused-ring (bicyclic) bond motifs is 1. The van der Waals surface area contributed by atoms with Crippen LogP contribution in [-0.4, -0.2) is 20.3 Å². The summed E-state index contributed by atoms with van der Waals surface area (Å²) in [4.78, 5) is 5.41. The zero-order valence-electron chi connectivity index (χ0n) is 10.9. The van der Waals surface area contributed by atoms with E-state index >= 15 is 0 Å². The number of aromatic nitrogens is 2. The maximum atomic E-state index is 8.88. The standard InChI is InChI=1S/C14H13N3O2S/c1-10(16-18)12-4-2-3-5-13(12)19-9-11-8-17-6-7-20-14(17)15-11/h2-8,18H,9H2,1H3/b16-10-. The van der Waals surface area contributed by atoms with Crippen LogP contribution in [-0.2, 0) is 6.61 Å². The lowest BCUT2D eigenvalue weighted by Gasteiger charge is -2.09. The molecule has 102 valence electrons. The Morgan fingerprint density at radius 1 is 1.45 bits per heavy atom. The van der Waals surface area contributed by atoms with Gasteiger partial charge in [-0.3, -0.25) is 4.40 Å². The first-order valence-corrected chi connectivity index (χ1v) is 6.98. The van der Waals surface area contributed by atoms with Crippen LogP contribution in [0.15, 0.2) is 47.2 Å². The first-order chi connectivity index (χ1) is 9.78. The van der Waals surface area contributed by atoms with Gasteiger partial charge >= 0.3 is 0 Å². The predicted octanol–water partition coefficient (Wildman–Crippen LogP) is 3.17. The minimum atomic E-state index is 0.379. The molecule has 20 heavy (non-hydrogen) atoms. The molecule has 6 heteroatoms. The normalized spacial score (nSPS) is 11.9. The molecule has 0 aliphatic carbocycles. The van der Waals surface area contributed by atoms with E-state index in [9.17, 15) is 0 Å². The highest BCUT2D eigenvalue weighted by atomic mass is 32.1. The summed E-state index contributed by atoms with van der Waals surface area (Å²) in [5, 5.41) is 14.1. The van der Waals surface area contributed by atoms with E-state index in [4.69, 9.17) is 9.94 Å². The van der Waals surface area contributed by atoms with Gasteiger partial charge in [-0.2, -0.15) is 0 Å². The van der Waals surface area contributed by atoms with Crippen LogP contribution in [0.1, 0.15) is 18.2 Å². The summed E-state index contributed by atoms with van der Waals surface area (Å²) in [7, 11) is 0. The molecule has 5 nitrogen and oxygen atoms in total. The van der Waals surface area contributed by atoms with E-state index in [0.29, 0.717) is 18.1 Å². The fourth-order valence-electron chi connectivity index (χ4n) is 1.94. The fraction of sp³-hybridized carbons (Fsp3) is 0.143. The van der Waals surface area contributed by atoms with Gasteiger partial charge in [0.2, 0.25) is 0 Å². The SMILES string of the molecule is C/C(=N/O)c1ccccc1OCc1cn2ccsc2n1. The second-order valence-corrected chi connectivity index (χ2v) is 5.17. The van der Waals surface area contributed by atoms with E-state index in [1.165, 1.54) is 0 Å². The summed E-state index contributed by atoms with van der Waals surface area (Å²) in [6.45, 7) is 2.11. The van der Waals surface area contributed by atoms with E-state index in [0.717, 1.165) is 16.2 Å². The largest absolute Gasteiger partial charge is 0.487 e. The molecule has 3 rings (SSSR count). The number of oxime groups is 1. The van der Waals surface area contributed by atoms with E-state index in [1.54, 1.807) is 18.3 Å². The summed E-state index contributed by atoms with van der Waals surface area (Å²) in [6.07, 6.45) is 3.91. The first kappa shape index (κ1) is 12.7. The molecule has 0 saturated carbocycles. The average molecular weight is 287 g/mol. The summed E-state index contributed by atoms with van der Waals surface area (Å²) < 4.78 is 7.75. The lowest BCUT2D eigenvalue weighted by molar-refractivity contribution is 0.299. The molecule has 0 aliphatic heterocycles. The van der Waals surface area contributed by atoms with Crippen molar-refractivity contribution in [1.82, 2.24) is 9.38 Å². The van der Waals surface area contributed by atoms with Crippen molar-refractivity contribution in [2.24, 2.45) is 5.16 Å². The number of para-hydroxylation sites is 1. The van der Waals surface area contributed by atoms with E-state index in [2.05, 4.69) is 10.1 Å². The number of hydrogen-bond donors (Lipinski definition) is 1. The highest BCUT2D eigenvalue weighted by Crippen LogP contribution is 2.20. The monoisotopic (exact) mass is 287 g/mol. The van der Waals surface area contributed by atoms with Gasteiger partial charge in [0.15, 0.2) is 4.96 Å². The number of rotatable bonds is 4. The van der Waals surface area contributed by atoms with E-state index in [-0.39, 0.29) is 0 Å². The maximum absolute atomic E-state index is 8.88. The van der Waals surface area contributed by atoms with Gasteiger partial charge in [0.05, 0.1) is 11.4 Å². The lowest BCUT2D eigenvalue weighted by atomic mass is 10.1. The van der Waals surface area contributed by atoms with Gasteiger partial charge in [-0.05, 0) is 19.1 Å². The zero-order chi connectivity index (χ0) is 13.9. The molecule has 1 N–H and O–H groups in total. The van der Waals surface area contributed by atoms with Gasteiger partial charge < -0.3 is 9.94 Å². The summed E-state index contributed by atoms with van der Waals surface area (Å²) in [6, 6.07) is 7.47. The van der Waals surface area contributed by atoms with Crippen LogP contribution in [0.25, 0.3) is 4.96 Å². The number of hydrogen-bond acceptors (Lipinski definition) is 5. The summed E-state index contributed by atoms with van der Waals surface area (Å²) in [5.41, 5.74) is 2.16. The molecule has 0 unspecified atom stereocenters. The Balaban J connectivity index is 1.80. The van der Waals surface area contributed by atoms with Crippen LogP contribution >= 0.6 is 11.3 Å². The molecule has 0 bridgehead atoms. The Kier molecular flexibility index (Phi) is 3.39. The van der Waals surface area contributed by atoms with Crippen molar-refractivity contribution < 1.29 is 9.94 Å². The molecule has 1 aromatic carbocycles. The Hall–Kier alpha value is -2.34. The molecule has 0 saturated heterocycles. The number of ether oxygens (including phenoxy) is 1. The van der Waals surface area contributed by atoms with Crippen LogP contribution in [0.4, 0.5) is 0 Å². The van der Waals surface area contributed by atoms with Crippen molar-refractivity contribution in [1.29, 1.82) is 0 Å². The van der Waals surface area contributed by atoms with Gasteiger partial charge in [0.25, 0.3) is 0 Å². The molecule has 0 amide bonds. The van der Waals surface area contributed by atoms with Gasteiger partial charge in [-0.1, -0.05) is 17.3 Å². The van der Waals surface area contributed by atoms with Crippen LogP contribution in [0.5, 0.6) is 5.75 Å². The van der Waals surface area contributed by atoms with Crippen LogP contribution in [0.2, 0.25) is 0 Å². The molecule has 3 aromatic rings. The lowest BCUT2D eigenvalue weighted by Crippen LogP contribution is -2.02. The Bertz CT molecular complexity index is 732. The van der Waals surface area contributed by atoms with Crippen molar-refractivity contribution in [3.63, 3.8) is 0 Å². The predicted molar refractivity (Wildman–Crippen MR) is 77.8 cm³/mol. The second-order valence-electron chi connectivity index (χ2n) is 4.30. The van der Waals surface area contributed by atoms with E-state index < -0.39 is 0 Å². The third-order valence-corrected chi connectivity index (χ3v) is 3.72. The number of nitrogens with zero attached hydrogens (tertiary/aromatic N) is 3. The smallest absolute Gasteiger partial charge is 0.193 e. The first-order valence-electron chi connectivity index (χ1n) is 6.10. The Morgan fingerprint density at radius 3 is 3.10 bits per heavy atom. The molecule has 0 aliphatic rings. The maximum Gasteiger partial charge on any atom is 0.193 e. The van der Waals surface area contributed by atoms with Gasteiger partial charge in [0, 0.05) is 23.3 Å². The third-order valence-electron chi connectivity index (χ3n) is 2.95. The highest BCUT2D eigenvalue weighted by Gasteiger charge is 2.08. The third kappa shape index (κ3) is 2.37. The summed E-state index contributed by atoms with van der Waals surface area (Å²) >= 11 is 1.59. The Morgan fingerprint density at radius 2 is 2.30 bits per heavy atom. The minimum absolute atomic E-state index is 0.379. The Labute approximate surface area is 119 Å². The van der Waals surface area contributed by atoms with Crippen LogP contribution < -0.4 is 4.74 Å². The van der Waals surface area contributed by atoms with Crippen molar-refractivity contribution >= 4 is 22.0 Å². The van der Waals surface area contributed by atoms with Gasteiger partial charge in [0.1, 0.15) is 12.4 Å². The van der Waals surface area contributed by atoms with Gasteiger partial charge in [-0.15, -0.1) is 11.3 Å².